The fourth-order valence-electron chi connectivity index (χ4n) is 2.56. The van der Waals surface area contributed by atoms with Gasteiger partial charge in [-0.1, -0.05) is 18.2 Å². The van der Waals surface area contributed by atoms with Gasteiger partial charge in [0.25, 0.3) is 5.91 Å². The highest BCUT2D eigenvalue weighted by Crippen LogP contribution is 2.23. The summed E-state index contributed by atoms with van der Waals surface area (Å²) < 4.78 is 0. The Labute approximate surface area is 112 Å². The van der Waals surface area contributed by atoms with Crippen molar-refractivity contribution in [3.8, 4) is 0 Å². The van der Waals surface area contributed by atoms with E-state index in [-0.39, 0.29) is 5.91 Å². The average molecular weight is 255 g/mol. The van der Waals surface area contributed by atoms with E-state index in [2.05, 4.69) is 15.5 Å². The van der Waals surface area contributed by atoms with E-state index in [1.807, 2.05) is 31.2 Å². The molecule has 1 amide bonds. The third-order valence-electron chi connectivity index (χ3n) is 3.66. The van der Waals surface area contributed by atoms with Crippen molar-refractivity contribution < 1.29 is 4.79 Å². The van der Waals surface area contributed by atoms with Gasteiger partial charge in [-0.25, -0.2) is 0 Å². The molecule has 0 radical (unpaired) electrons. The van der Waals surface area contributed by atoms with Crippen LogP contribution >= 0.6 is 0 Å². The Morgan fingerprint density at radius 2 is 2.05 bits per heavy atom. The van der Waals surface area contributed by atoms with E-state index >= 15 is 0 Å². The largest absolute Gasteiger partial charge is 0.320 e. The molecule has 0 saturated carbocycles. The number of rotatable bonds is 2. The SMILES string of the molecule is Cc1ccccc1NC(=O)c1n[nH]c2c1CCCC2. The van der Waals surface area contributed by atoms with Crippen LogP contribution in [-0.4, -0.2) is 16.1 Å². The number of carbonyl (C=O) groups is 1. The summed E-state index contributed by atoms with van der Waals surface area (Å²) in [7, 11) is 0. The van der Waals surface area contributed by atoms with Gasteiger partial charge in [0, 0.05) is 16.9 Å². The second-order valence-corrected chi connectivity index (χ2v) is 5.01. The van der Waals surface area contributed by atoms with Crippen molar-refractivity contribution in [2.24, 2.45) is 0 Å². The molecule has 1 aliphatic rings. The third-order valence-corrected chi connectivity index (χ3v) is 3.66. The van der Waals surface area contributed by atoms with Gasteiger partial charge in [0.05, 0.1) is 0 Å². The first kappa shape index (κ1) is 12.0. The molecular formula is C15H17N3O. The molecule has 0 saturated heterocycles. The molecule has 0 spiro atoms. The highest BCUT2D eigenvalue weighted by molar-refractivity contribution is 6.04. The van der Waals surface area contributed by atoms with E-state index < -0.39 is 0 Å². The van der Waals surface area contributed by atoms with Gasteiger partial charge in [-0.3, -0.25) is 9.89 Å². The first-order valence-electron chi connectivity index (χ1n) is 6.69. The number of para-hydroxylation sites is 1. The zero-order chi connectivity index (χ0) is 13.2. The van der Waals surface area contributed by atoms with Crippen LogP contribution in [0.15, 0.2) is 24.3 Å². The molecule has 1 aliphatic carbocycles. The van der Waals surface area contributed by atoms with Crippen LogP contribution in [0.1, 0.15) is 40.2 Å². The summed E-state index contributed by atoms with van der Waals surface area (Å²) in [6.45, 7) is 1.98. The van der Waals surface area contributed by atoms with Crippen LogP contribution in [0.25, 0.3) is 0 Å². The Balaban J connectivity index is 1.85. The Bertz CT molecular complexity index is 616. The van der Waals surface area contributed by atoms with Gasteiger partial charge in [0.15, 0.2) is 5.69 Å². The van der Waals surface area contributed by atoms with Crippen LogP contribution in [0.5, 0.6) is 0 Å². The molecule has 0 unspecified atom stereocenters. The number of anilines is 1. The fourth-order valence-corrected chi connectivity index (χ4v) is 2.56. The zero-order valence-corrected chi connectivity index (χ0v) is 11.0. The maximum atomic E-state index is 12.3. The van der Waals surface area contributed by atoms with Crippen molar-refractivity contribution in [1.82, 2.24) is 10.2 Å². The normalized spacial score (nSPS) is 13.9. The number of nitrogens with zero attached hydrogens (tertiary/aromatic N) is 1. The second-order valence-electron chi connectivity index (χ2n) is 5.01. The summed E-state index contributed by atoms with van der Waals surface area (Å²) in [5.41, 5.74) is 4.68. The number of aromatic amines is 1. The lowest BCUT2D eigenvalue weighted by Crippen LogP contribution is -2.16. The smallest absolute Gasteiger partial charge is 0.276 e. The summed E-state index contributed by atoms with van der Waals surface area (Å²) in [4.78, 5) is 12.3. The summed E-state index contributed by atoms with van der Waals surface area (Å²) >= 11 is 0. The maximum Gasteiger partial charge on any atom is 0.276 e. The number of hydrogen-bond acceptors (Lipinski definition) is 2. The molecule has 4 nitrogen and oxygen atoms in total. The van der Waals surface area contributed by atoms with Gasteiger partial charge in [0.1, 0.15) is 0 Å². The molecule has 0 aliphatic heterocycles. The summed E-state index contributed by atoms with van der Waals surface area (Å²) in [6, 6.07) is 7.77. The molecule has 0 fully saturated rings. The van der Waals surface area contributed by atoms with Crippen LogP contribution in [0.4, 0.5) is 5.69 Å². The first-order chi connectivity index (χ1) is 9.25. The third kappa shape index (κ3) is 2.26. The van der Waals surface area contributed by atoms with E-state index in [0.717, 1.165) is 41.8 Å². The molecule has 2 N–H and O–H groups in total. The van der Waals surface area contributed by atoms with Crippen molar-refractivity contribution in [2.45, 2.75) is 32.6 Å². The number of benzene rings is 1. The quantitative estimate of drug-likeness (QED) is 0.867. The van der Waals surface area contributed by atoms with E-state index in [1.54, 1.807) is 0 Å². The van der Waals surface area contributed by atoms with Crippen molar-refractivity contribution in [3.63, 3.8) is 0 Å². The summed E-state index contributed by atoms with van der Waals surface area (Å²) in [6.07, 6.45) is 4.26. The van der Waals surface area contributed by atoms with Crippen molar-refractivity contribution >= 4 is 11.6 Å². The Hall–Kier alpha value is -2.10. The Kier molecular flexibility index (Phi) is 3.07. The van der Waals surface area contributed by atoms with E-state index in [1.165, 1.54) is 6.42 Å². The van der Waals surface area contributed by atoms with Crippen molar-refractivity contribution in [3.05, 3.63) is 46.8 Å². The summed E-state index contributed by atoms with van der Waals surface area (Å²) in [5, 5.41) is 10.1. The standard InChI is InChI=1S/C15H17N3O/c1-10-6-2-4-8-12(10)16-15(19)14-11-7-3-5-9-13(11)17-18-14/h2,4,6,8H,3,5,7,9H2,1H3,(H,16,19)(H,17,18). The average Bonchev–Trinajstić information content (AvgIpc) is 2.85. The maximum absolute atomic E-state index is 12.3. The van der Waals surface area contributed by atoms with Gasteiger partial charge < -0.3 is 5.32 Å². The molecule has 1 aromatic heterocycles. The van der Waals surface area contributed by atoms with Gasteiger partial charge in [-0.2, -0.15) is 5.10 Å². The molecule has 98 valence electrons. The minimum absolute atomic E-state index is 0.117. The molecule has 2 aromatic rings. The Morgan fingerprint density at radius 1 is 1.26 bits per heavy atom. The minimum atomic E-state index is -0.117. The molecular weight excluding hydrogens is 238 g/mol. The number of fused-ring (bicyclic) bond motifs is 1. The second kappa shape index (κ2) is 4.88. The lowest BCUT2D eigenvalue weighted by molar-refractivity contribution is 0.102. The predicted octanol–water partition coefficient (Wildman–Crippen LogP) is 2.85. The minimum Gasteiger partial charge on any atom is -0.320 e. The van der Waals surface area contributed by atoms with Crippen LogP contribution in [0.2, 0.25) is 0 Å². The Morgan fingerprint density at radius 3 is 2.89 bits per heavy atom. The lowest BCUT2D eigenvalue weighted by Gasteiger charge is -2.11. The number of amides is 1. The van der Waals surface area contributed by atoms with Crippen LogP contribution in [0, 0.1) is 6.92 Å². The molecule has 1 aromatic carbocycles. The van der Waals surface area contributed by atoms with Gasteiger partial charge in [0.2, 0.25) is 0 Å². The molecule has 3 rings (SSSR count). The topological polar surface area (TPSA) is 57.8 Å². The highest BCUT2D eigenvalue weighted by atomic mass is 16.1. The summed E-state index contributed by atoms with van der Waals surface area (Å²) in [5.74, 6) is -0.117. The van der Waals surface area contributed by atoms with Gasteiger partial charge >= 0.3 is 0 Å². The van der Waals surface area contributed by atoms with Crippen LogP contribution < -0.4 is 5.32 Å². The fraction of sp³-hybridized carbons (Fsp3) is 0.333. The number of hydrogen-bond donors (Lipinski definition) is 2. The predicted molar refractivity (Wildman–Crippen MR) is 74.4 cm³/mol. The molecule has 4 heteroatoms. The highest BCUT2D eigenvalue weighted by Gasteiger charge is 2.21. The number of aryl methyl sites for hydroxylation is 2. The number of carbonyl (C=O) groups excluding carboxylic acids is 1. The monoisotopic (exact) mass is 255 g/mol. The molecule has 1 heterocycles. The molecule has 19 heavy (non-hydrogen) atoms. The molecule has 0 atom stereocenters. The zero-order valence-electron chi connectivity index (χ0n) is 11.0. The molecule has 0 bridgehead atoms. The first-order valence-corrected chi connectivity index (χ1v) is 6.69. The van der Waals surface area contributed by atoms with Crippen molar-refractivity contribution in [2.75, 3.05) is 5.32 Å². The van der Waals surface area contributed by atoms with Gasteiger partial charge in [-0.05, 0) is 44.2 Å². The van der Waals surface area contributed by atoms with Crippen molar-refractivity contribution in [1.29, 1.82) is 0 Å². The van der Waals surface area contributed by atoms with E-state index in [4.69, 9.17) is 0 Å². The van der Waals surface area contributed by atoms with E-state index in [9.17, 15) is 4.79 Å². The number of H-pyrrole nitrogens is 1. The lowest BCUT2D eigenvalue weighted by atomic mass is 9.96. The van der Waals surface area contributed by atoms with Crippen LogP contribution in [-0.2, 0) is 12.8 Å². The van der Waals surface area contributed by atoms with E-state index in [0.29, 0.717) is 5.69 Å². The van der Waals surface area contributed by atoms with Crippen LogP contribution in [0.3, 0.4) is 0 Å². The number of nitrogens with one attached hydrogen (secondary N) is 2. The number of aromatic nitrogens is 2. The van der Waals surface area contributed by atoms with Gasteiger partial charge in [-0.15, -0.1) is 0 Å².